The number of rotatable bonds is 3. The van der Waals surface area contributed by atoms with Crippen molar-refractivity contribution in [3.63, 3.8) is 0 Å². The highest BCUT2D eigenvalue weighted by Crippen LogP contribution is 2.26. The fraction of sp³-hybridized carbons (Fsp3) is 0.200. The van der Waals surface area contributed by atoms with Crippen LogP contribution in [0.3, 0.4) is 0 Å². The Morgan fingerprint density at radius 1 is 1.22 bits per heavy atom. The minimum atomic E-state index is 0.342. The molecular formula is C15H13ClN6O. The Morgan fingerprint density at radius 3 is 2.87 bits per heavy atom. The summed E-state index contributed by atoms with van der Waals surface area (Å²) in [6.45, 7) is 4.35. The van der Waals surface area contributed by atoms with E-state index < -0.39 is 0 Å². The van der Waals surface area contributed by atoms with Crippen molar-refractivity contribution in [2.24, 2.45) is 0 Å². The van der Waals surface area contributed by atoms with E-state index >= 15 is 0 Å². The van der Waals surface area contributed by atoms with Gasteiger partial charge < -0.3 is 4.52 Å². The molecule has 0 aliphatic heterocycles. The summed E-state index contributed by atoms with van der Waals surface area (Å²) in [6, 6.07) is 7.66. The first kappa shape index (κ1) is 14.0. The lowest BCUT2D eigenvalue weighted by Crippen LogP contribution is -2.04. The first-order valence-corrected chi connectivity index (χ1v) is 7.46. The van der Waals surface area contributed by atoms with E-state index in [4.69, 9.17) is 16.1 Å². The zero-order valence-corrected chi connectivity index (χ0v) is 13.3. The minimum Gasteiger partial charge on any atom is -0.337 e. The van der Waals surface area contributed by atoms with E-state index in [1.807, 2.05) is 53.4 Å². The zero-order valence-electron chi connectivity index (χ0n) is 12.6. The second-order valence-electron chi connectivity index (χ2n) is 5.28. The molecule has 0 unspecified atom stereocenters. The van der Waals surface area contributed by atoms with Crippen LogP contribution in [0.2, 0.25) is 5.15 Å². The molecule has 8 heteroatoms. The van der Waals surface area contributed by atoms with E-state index in [1.165, 1.54) is 0 Å². The molecule has 0 atom stereocenters. The van der Waals surface area contributed by atoms with E-state index in [1.54, 1.807) is 0 Å². The van der Waals surface area contributed by atoms with Crippen molar-refractivity contribution in [1.29, 1.82) is 0 Å². The van der Waals surface area contributed by atoms with E-state index in [0.29, 0.717) is 29.1 Å². The summed E-state index contributed by atoms with van der Waals surface area (Å²) in [4.78, 5) is 8.71. The second kappa shape index (κ2) is 5.20. The van der Waals surface area contributed by atoms with Crippen LogP contribution in [0.15, 0.2) is 35.0 Å². The molecule has 7 nitrogen and oxygen atoms in total. The number of hydrogen-bond acceptors (Lipinski definition) is 5. The van der Waals surface area contributed by atoms with Gasteiger partial charge in [0.2, 0.25) is 11.7 Å². The smallest absolute Gasteiger partial charge is 0.248 e. The van der Waals surface area contributed by atoms with Crippen LogP contribution >= 0.6 is 11.6 Å². The number of nitrogens with zero attached hydrogens (tertiary/aromatic N) is 6. The van der Waals surface area contributed by atoms with Crippen LogP contribution in [-0.2, 0) is 6.54 Å². The Balaban J connectivity index is 1.72. The summed E-state index contributed by atoms with van der Waals surface area (Å²) in [5.41, 5.74) is 3.34. The molecule has 0 saturated carbocycles. The van der Waals surface area contributed by atoms with Gasteiger partial charge in [0.15, 0.2) is 5.15 Å². The molecule has 4 rings (SSSR count). The number of fused-ring (bicyclic) bond motifs is 1. The molecule has 116 valence electrons. The highest BCUT2D eigenvalue weighted by Gasteiger charge is 2.18. The molecule has 4 aromatic heterocycles. The Kier molecular flexibility index (Phi) is 3.16. The van der Waals surface area contributed by atoms with Gasteiger partial charge in [0.25, 0.3) is 0 Å². The summed E-state index contributed by atoms with van der Waals surface area (Å²) in [5.74, 6) is 0.873. The van der Waals surface area contributed by atoms with Crippen molar-refractivity contribution in [3.8, 4) is 11.5 Å². The van der Waals surface area contributed by atoms with Crippen molar-refractivity contribution in [2.45, 2.75) is 20.4 Å². The average Bonchev–Trinajstić information content (AvgIpc) is 3.17. The number of aromatic nitrogens is 6. The van der Waals surface area contributed by atoms with Gasteiger partial charge in [-0.25, -0.2) is 4.98 Å². The van der Waals surface area contributed by atoms with E-state index in [9.17, 15) is 0 Å². The van der Waals surface area contributed by atoms with Crippen LogP contribution < -0.4 is 0 Å². The van der Waals surface area contributed by atoms with Gasteiger partial charge in [-0.05, 0) is 32.0 Å². The maximum atomic E-state index is 6.23. The van der Waals surface area contributed by atoms with Gasteiger partial charge in [0.05, 0.1) is 5.69 Å². The third kappa shape index (κ3) is 2.39. The molecule has 4 aromatic rings. The van der Waals surface area contributed by atoms with Gasteiger partial charge >= 0.3 is 0 Å². The van der Waals surface area contributed by atoms with E-state index in [0.717, 1.165) is 17.0 Å². The standard InChI is InChI=1S/C15H13ClN6O/c1-9-7-10(2)22(19-9)8-12-18-15(20-23-12)13-14(16)17-11-5-3-4-6-21(11)13/h3-7H,8H2,1-2H3. The van der Waals surface area contributed by atoms with Crippen molar-refractivity contribution < 1.29 is 4.52 Å². The average molecular weight is 329 g/mol. The first-order chi connectivity index (χ1) is 11.1. The normalized spacial score (nSPS) is 11.4. The third-order valence-electron chi connectivity index (χ3n) is 3.56. The van der Waals surface area contributed by atoms with Crippen LogP contribution in [0.1, 0.15) is 17.3 Å². The fourth-order valence-corrected chi connectivity index (χ4v) is 2.81. The first-order valence-electron chi connectivity index (χ1n) is 7.08. The second-order valence-corrected chi connectivity index (χ2v) is 5.63. The number of pyridine rings is 1. The number of imidazole rings is 1. The molecule has 0 N–H and O–H groups in total. The van der Waals surface area contributed by atoms with Crippen molar-refractivity contribution in [2.75, 3.05) is 0 Å². The SMILES string of the molecule is Cc1cc(C)n(Cc2nc(-c3c(Cl)nc4ccccn34)no2)n1. The number of halogens is 1. The van der Waals surface area contributed by atoms with Crippen LogP contribution in [-0.4, -0.2) is 29.3 Å². The maximum absolute atomic E-state index is 6.23. The summed E-state index contributed by atoms with van der Waals surface area (Å²) < 4.78 is 8.99. The molecule has 0 aliphatic carbocycles. The van der Waals surface area contributed by atoms with E-state index in [-0.39, 0.29) is 0 Å². The lowest BCUT2D eigenvalue weighted by molar-refractivity contribution is 0.364. The van der Waals surface area contributed by atoms with Crippen molar-refractivity contribution in [1.82, 2.24) is 29.3 Å². The maximum Gasteiger partial charge on any atom is 0.248 e. The molecule has 23 heavy (non-hydrogen) atoms. The molecule has 4 heterocycles. The summed E-state index contributed by atoms with van der Waals surface area (Å²) >= 11 is 6.23. The molecule has 0 bridgehead atoms. The Morgan fingerprint density at radius 2 is 2.09 bits per heavy atom. The largest absolute Gasteiger partial charge is 0.337 e. The molecule has 0 saturated heterocycles. The molecule has 0 aromatic carbocycles. The lowest BCUT2D eigenvalue weighted by atomic mass is 10.4. The van der Waals surface area contributed by atoms with E-state index in [2.05, 4.69) is 20.2 Å². The molecule has 0 aliphatic rings. The Hall–Kier alpha value is -2.67. The van der Waals surface area contributed by atoms with Crippen molar-refractivity contribution in [3.05, 3.63) is 52.9 Å². The predicted molar refractivity (Wildman–Crippen MR) is 84.3 cm³/mol. The van der Waals surface area contributed by atoms with Crippen LogP contribution in [0, 0.1) is 13.8 Å². The van der Waals surface area contributed by atoms with Crippen LogP contribution in [0.5, 0.6) is 0 Å². The molecule has 0 amide bonds. The van der Waals surface area contributed by atoms with Gasteiger partial charge in [-0.1, -0.05) is 22.8 Å². The fourth-order valence-electron chi connectivity index (χ4n) is 2.55. The molecule has 0 radical (unpaired) electrons. The third-order valence-corrected chi connectivity index (χ3v) is 3.82. The highest BCUT2D eigenvalue weighted by atomic mass is 35.5. The van der Waals surface area contributed by atoms with Gasteiger partial charge in [-0.3, -0.25) is 9.08 Å². The zero-order chi connectivity index (χ0) is 16.0. The summed E-state index contributed by atoms with van der Waals surface area (Å²) in [5, 5.41) is 8.76. The molecule has 0 spiro atoms. The van der Waals surface area contributed by atoms with Gasteiger partial charge in [0.1, 0.15) is 17.9 Å². The number of hydrogen-bond donors (Lipinski definition) is 0. The van der Waals surface area contributed by atoms with Gasteiger partial charge in [0, 0.05) is 11.9 Å². The number of aryl methyl sites for hydroxylation is 2. The summed E-state index contributed by atoms with van der Waals surface area (Å²) in [6.07, 6.45) is 1.86. The van der Waals surface area contributed by atoms with Gasteiger partial charge in [-0.15, -0.1) is 0 Å². The molecular weight excluding hydrogens is 316 g/mol. The lowest BCUT2D eigenvalue weighted by Gasteiger charge is -1.98. The monoisotopic (exact) mass is 328 g/mol. The van der Waals surface area contributed by atoms with Crippen LogP contribution in [0.25, 0.3) is 17.2 Å². The quantitative estimate of drug-likeness (QED) is 0.578. The van der Waals surface area contributed by atoms with Gasteiger partial charge in [-0.2, -0.15) is 10.1 Å². The predicted octanol–water partition coefficient (Wildman–Crippen LogP) is 2.90. The minimum absolute atomic E-state index is 0.342. The van der Waals surface area contributed by atoms with Crippen molar-refractivity contribution >= 4 is 17.2 Å². The topological polar surface area (TPSA) is 74.0 Å². The summed E-state index contributed by atoms with van der Waals surface area (Å²) in [7, 11) is 0. The highest BCUT2D eigenvalue weighted by molar-refractivity contribution is 6.32. The Bertz CT molecular complexity index is 999. The van der Waals surface area contributed by atoms with Crippen LogP contribution in [0.4, 0.5) is 0 Å². The Labute approximate surface area is 136 Å². The molecule has 0 fully saturated rings.